The number of nitrogens with one attached hydrogen (secondary N) is 2. The smallest absolute Gasteiger partial charge is 0.268 e. The van der Waals surface area contributed by atoms with Crippen molar-refractivity contribution in [3.8, 4) is 11.8 Å². The second kappa shape index (κ2) is 8.54. The minimum atomic E-state index is -1.27. The van der Waals surface area contributed by atoms with Crippen LogP contribution in [0, 0.1) is 11.8 Å². The van der Waals surface area contributed by atoms with Gasteiger partial charge in [-0.1, -0.05) is 5.92 Å². The number of aliphatic hydroxyl groups is 1. The van der Waals surface area contributed by atoms with Gasteiger partial charge in [0.25, 0.3) is 11.8 Å². The highest BCUT2D eigenvalue weighted by Gasteiger charge is 2.25. The molecule has 0 saturated carbocycles. The van der Waals surface area contributed by atoms with Crippen LogP contribution in [0.1, 0.15) is 28.5 Å². The Balaban J connectivity index is 2.07. The molecule has 8 nitrogen and oxygen atoms in total. The van der Waals surface area contributed by atoms with E-state index in [4.69, 9.17) is 5.21 Å². The van der Waals surface area contributed by atoms with Crippen molar-refractivity contribution >= 4 is 11.8 Å². The molecule has 0 aliphatic rings. The summed E-state index contributed by atoms with van der Waals surface area (Å²) in [5.41, 5.74) is 2.88. The first-order valence-corrected chi connectivity index (χ1v) is 7.32. The quantitative estimate of drug-likeness (QED) is 0.349. The molecule has 0 spiro atoms. The number of carbonyl (C=O) groups is 2. The number of nitrogens with zero attached hydrogens (tertiary/aromatic N) is 2. The van der Waals surface area contributed by atoms with Crippen molar-refractivity contribution in [1.29, 1.82) is 0 Å². The van der Waals surface area contributed by atoms with E-state index in [-0.39, 0.29) is 5.56 Å². The van der Waals surface area contributed by atoms with E-state index in [1.165, 1.54) is 30.7 Å². The van der Waals surface area contributed by atoms with Crippen LogP contribution >= 0.6 is 0 Å². The fraction of sp³-hybridized carbons (Fsp3) is 0.176. The molecule has 0 radical (unpaired) electrons. The fourth-order valence-electron chi connectivity index (χ4n) is 1.90. The lowest BCUT2D eigenvalue weighted by Crippen LogP contribution is -2.51. The Morgan fingerprint density at radius 3 is 2.44 bits per heavy atom. The molecule has 2 rings (SSSR count). The minimum absolute atomic E-state index is 0.279. The van der Waals surface area contributed by atoms with Crippen LogP contribution in [-0.2, 0) is 4.79 Å². The maximum atomic E-state index is 12.1. The Morgan fingerprint density at radius 1 is 1.16 bits per heavy atom. The Kier molecular flexibility index (Phi) is 6.17. The summed E-state index contributed by atoms with van der Waals surface area (Å²) in [4.78, 5) is 31.5. The van der Waals surface area contributed by atoms with Crippen molar-refractivity contribution in [3.05, 3.63) is 59.7 Å². The van der Waals surface area contributed by atoms with Crippen LogP contribution in [0.2, 0.25) is 0 Å². The topological polar surface area (TPSA) is 124 Å². The highest BCUT2D eigenvalue weighted by Crippen LogP contribution is 2.05. The zero-order valence-electron chi connectivity index (χ0n) is 13.3. The van der Waals surface area contributed by atoms with Gasteiger partial charge in [0.15, 0.2) is 0 Å². The standard InChI is InChI=1S/C17H16N4O4/c1-11(22)15(17(24)21-25)20-16(23)13-5-2-12(3-6-13)4-7-14-10-18-8-9-19-14/h2-3,5-6,8-11,15,22,25H,1H3,(H,20,23)(H,21,24). The van der Waals surface area contributed by atoms with Crippen LogP contribution in [0.4, 0.5) is 0 Å². The van der Waals surface area contributed by atoms with Crippen molar-refractivity contribution < 1.29 is 19.9 Å². The molecule has 128 valence electrons. The highest BCUT2D eigenvalue weighted by atomic mass is 16.5. The molecule has 2 amide bonds. The van der Waals surface area contributed by atoms with E-state index >= 15 is 0 Å². The monoisotopic (exact) mass is 340 g/mol. The van der Waals surface area contributed by atoms with E-state index in [2.05, 4.69) is 27.1 Å². The van der Waals surface area contributed by atoms with Crippen LogP contribution in [0.25, 0.3) is 0 Å². The molecule has 0 bridgehead atoms. The summed E-state index contributed by atoms with van der Waals surface area (Å²) in [7, 11) is 0. The number of rotatable bonds is 4. The molecule has 2 atom stereocenters. The number of hydrogen-bond acceptors (Lipinski definition) is 6. The summed E-state index contributed by atoms with van der Waals surface area (Å²) in [6.07, 6.45) is 3.46. The lowest BCUT2D eigenvalue weighted by atomic mass is 10.1. The molecule has 0 saturated heterocycles. The van der Waals surface area contributed by atoms with E-state index in [1.807, 2.05) is 0 Å². The van der Waals surface area contributed by atoms with Crippen molar-refractivity contribution in [1.82, 2.24) is 20.8 Å². The van der Waals surface area contributed by atoms with Gasteiger partial charge in [0.1, 0.15) is 11.7 Å². The molecular weight excluding hydrogens is 324 g/mol. The summed E-state index contributed by atoms with van der Waals surface area (Å²) >= 11 is 0. The number of hydroxylamine groups is 1. The second-order valence-corrected chi connectivity index (χ2v) is 5.09. The van der Waals surface area contributed by atoms with Crippen LogP contribution in [0.5, 0.6) is 0 Å². The van der Waals surface area contributed by atoms with Gasteiger partial charge in [0.2, 0.25) is 0 Å². The average Bonchev–Trinajstić information content (AvgIpc) is 2.64. The second-order valence-electron chi connectivity index (χ2n) is 5.09. The Bertz CT molecular complexity index is 795. The molecule has 0 fully saturated rings. The van der Waals surface area contributed by atoms with Gasteiger partial charge in [-0.3, -0.25) is 19.8 Å². The molecule has 0 aliphatic heterocycles. The molecule has 1 heterocycles. The summed E-state index contributed by atoms with van der Waals surface area (Å²) in [5, 5.41) is 20.5. The molecule has 2 aromatic rings. The van der Waals surface area contributed by atoms with E-state index in [0.29, 0.717) is 11.3 Å². The maximum absolute atomic E-state index is 12.1. The Morgan fingerprint density at radius 2 is 1.88 bits per heavy atom. The van der Waals surface area contributed by atoms with Gasteiger partial charge >= 0.3 is 0 Å². The van der Waals surface area contributed by atoms with Gasteiger partial charge in [-0.15, -0.1) is 0 Å². The maximum Gasteiger partial charge on any atom is 0.268 e. The average molecular weight is 340 g/mol. The largest absolute Gasteiger partial charge is 0.391 e. The van der Waals surface area contributed by atoms with Gasteiger partial charge in [0, 0.05) is 23.5 Å². The number of carbonyl (C=O) groups excluding carboxylic acids is 2. The molecule has 1 aromatic heterocycles. The first-order valence-electron chi connectivity index (χ1n) is 7.32. The van der Waals surface area contributed by atoms with Crippen molar-refractivity contribution in [2.75, 3.05) is 0 Å². The van der Waals surface area contributed by atoms with Gasteiger partial charge in [0.05, 0.1) is 12.3 Å². The van der Waals surface area contributed by atoms with E-state index in [1.54, 1.807) is 24.5 Å². The molecule has 4 N–H and O–H groups in total. The minimum Gasteiger partial charge on any atom is -0.391 e. The van der Waals surface area contributed by atoms with Crippen molar-refractivity contribution in [2.24, 2.45) is 0 Å². The van der Waals surface area contributed by atoms with Gasteiger partial charge < -0.3 is 10.4 Å². The predicted octanol–water partition coefficient (Wildman–Crippen LogP) is -0.139. The van der Waals surface area contributed by atoms with Gasteiger partial charge in [-0.25, -0.2) is 10.5 Å². The number of amides is 2. The summed E-state index contributed by atoms with van der Waals surface area (Å²) in [5.74, 6) is 4.26. The van der Waals surface area contributed by atoms with Gasteiger partial charge in [-0.05, 0) is 37.1 Å². The summed E-state index contributed by atoms with van der Waals surface area (Å²) in [6, 6.07) is 5.08. The zero-order chi connectivity index (χ0) is 18.2. The Hall–Kier alpha value is -3.28. The molecule has 8 heteroatoms. The van der Waals surface area contributed by atoms with Crippen LogP contribution in [0.15, 0.2) is 42.9 Å². The summed E-state index contributed by atoms with van der Waals surface area (Å²) in [6.45, 7) is 1.32. The number of hydrogen-bond donors (Lipinski definition) is 4. The third-order valence-corrected chi connectivity index (χ3v) is 3.21. The van der Waals surface area contributed by atoms with E-state index in [0.717, 1.165) is 0 Å². The molecule has 2 unspecified atom stereocenters. The normalized spacial score (nSPS) is 12.3. The lowest BCUT2D eigenvalue weighted by Gasteiger charge is -2.19. The van der Waals surface area contributed by atoms with Crippen LogP contribution < -0.4 is 10.8 Å². The molecule has 25 heavy (non-hydrogen) atoms. The molecular formula is C17H16N4O4. The molecule has 0 aliphatic carbocycles. The zero-order valence-corrected chi connectivity index (χ0v) is 13.3. The summed E-state index contributed by atoms with van der Waals surface area (Å²) < 4.78 is 0. The van der Waals surface area contributed by atoms with Crippen LogP contribution in [0.3, 0.4) is 0 Å². The first-order chi connectivity index (χ1) is 12.0. The van der Waals surface area contributed by atoms with Gasteiger partial charge in [-0.2, -0.15) is 0 Å². The number of benzene rings is 1. The van der Waals surface area contributed by atoms with Crippen LogP contribution in [-0.4, -0.2) is 44.2 Å². The first kappa shape index (κ1) is 18.1. The van der Waals surface area contributed by atoms with E-state index in [9.17, 15) is 14.7 Å². The Labute approximate surface area is 143 Å². The van der Waals surface area contributed by atoms with Crippen molar-refractivity contribution in [2.45, 2.75) is 19.1 Å². The molecule has 1 aromatic carbocycles. The predicted molar refractivity (Wildman–Crippen MR) is 87.3 cm³/mol. The fourth-order valence-corrected chi connectivity index (χ4v) is 1.90. The van der Waals surface area contributed by atoms with E-state index < -0.39 is 24.0 Å². The third-order valence-electron chi connectivity index (χ3n) is 3.21. The number of aromatic nitrogens is 2. The lowest BCUT2D eigenvalue weighted by molar-refractivity contribution is -0.133. The third kappa shape index (κ3) is 5.10. The SMILES string of the molecule is CC(O)C(NC(=O)c1ccc(C#Cc2cnccn2)cc1)C(=O)NO. The highest BCUT2D eigenvalue weighted by molar-refractivity contribution is 5.97. The number of aliphatic hydroxyl groups excluding tert-OH is 1. The van der Waals surface area contributed by atoms with Crippen molar-refractivity contribution in [3.63, 3.8) is 0 Å².